The molecule has 0 bridgehead atoms. The van der Waals surface area contributed by atoms with E-state index in [9.17, 15) is 4.79 Å². The molecule has 0 unspecified atom stereocenters. The Kier molecular flexibility index (Phi) is 5.30. The first-order valence-electron chi connectivity index (χ1n) is 8.44. The highest BCUT2D eigenvalue weighted by molar-refractivity contribution is 5.77. The van der Waals surface area contributed by atoms with Gasteiger partial charge in [0.2, 0.25) is 5.91 Å². The summed E-state index contributed by atoms with van der Waals surface area (Å²) in [7, 11) is 0. The molecule has 0 aliphatic carbocycles. The van der Waals surface area contributed by atoms with E-state index in [1.807, 2.05) is 17.0 Å². The van der Waals surface area contributed by atoms with E-state index in [0.717, 1.165) is 39.0 Å². The van der Waals surface area contributed by atoms with Crippen molar-refractivity contribution < 1.29 is 4.79 Å². The van der Waals surface area contributed by atoms with Crippen LogP contribution in [0.5, 0.6) is 0 Å². The minimum atomic E-state index is 0.288. The molecule has 3 heteroatoms. The zero-order chi connectivity index (χ0) is 15.9. The van der Waals surface area contributed by atoms with E-state index in [1.165, 1.54) is 11.3 Å². The Morgan fingerprint density at radius 2 is 1.52 bits per heavy atom. The maximum Gasteiger partial charge on any atom is 0.224 e. The summed E-state index contributed by atoms with van der Waals surface area (Å²) in [6.45, 7) is 3.46. The number of para-hydroxylation sites is 1. The third-order valence-electron chi connectivity index (χ3n) is 4.39. The molecule has 0 spiro atoms. The van der Waals surface area contributed by atoms with Crippen molar-refractivity contribution in [2.75, 3.05) is 24.5 Å². The summed E-state index contributed by atoms with van der Waals surface area (Å²) < 4.78 is 0. The molecule has 0 radical (unpaired) electrons. The van der Waals surface area contributed by atoms with Crippen LogP contribution in [-0.2, 0) is 11.3 Å². The third kappa shape index (κ3) is 4.35. The molecule has 23 heavy (non-hydrogen) atoms. The lowest BCUT2D eigenvalue weighted by Gasteiger charge is -2.26. The van der Waals surface area contributed by atoms with Crippen molar-refractivity contribution >= 4 is 11.6 Å². The molecule has 1 heterocycles. The first-order chi connectivity index (χ1) is 11.3. The van der Waals surface area contributed by atoms with Gasteiger partial charge in [0.15, 0.2) is 0 Å². The molecule has 2 aromatic carbocycles. The zero-order valence-electron chi connectivity index (χ0n) is 13.5. The lowest BCUT2D eigenvalue weighted by Crippen LogP contribution is -2.32. The summed E-state index contributed by atoms with van der Waals surface area (Å²) in [5.41, 5.74) is 2.44. The molecule has 1 aliphatic rings. The quantitative estimate of drug-likeness (QED) is 0.812. The van der Waals surface area contributed by atoms with Crippen LogP contribution < -0.4 is 4.90 Å². The number of hydrogen-bond donors (Lipinski definition) is 0. The molecule has 0 aromatic heterocycles. The van der Waals surface area contributed by atoms with Crippen LogP contribution >= 0.6 is 0 Å². The number of nitrogens with zero attached hydrogens (tertiary/aromatic N) is 2. The van der Waals surface area contributed by atoms with E-state index in [1.54, 1.807) is 0 Å². The van der Waals surface area contributed by atoms with Gasteiger partial charge in [-0.25, -0.2) is 0 Å². The second kappa shape index (κ2) is 7.82. The number of benzene rings is 2. The molecule has 1 saturated heterocycles. The highest BCUT2D eigenvalue weighted by Crippen LogP contribution is 2.18. The van der Waals surface area contributed by atoms with Gasteiger partial charge in [0.1, 0.15) is 0 Å². The largest absolute Gasteiger partial charge is 0.367 e. The summed E-state index contributed by atoms with van der Waals surface area (Å²) in [6, 6.07) is 20.8. The molecule has 3 rings (SSSR count). The van der Waals surface area contributed by atoms with Crippen molar-refractivity contribution in [2.45, 2.75) is 25.8 Å². The predicted molar refractivity (Wildman–Crippen MR) is 94.4 cm³/mol. The second-order valence-corrected chi connectivity index (χ2v) is 6.08. The molecule has 1 fully saturated rings. The third-order valence-corrected chi connectivity index (χ3v) is 4.39. The average Bonchev–Trinajstić information content (AvgIpc) is 3.15. The van der Waals surface area contributed by atoms with Gasteiger partial charge in [-0.1, -0.05) is 48.5 Å². The Hall–Kier alpha value is -2.29. The standard InChI is InChI=1S/C20H24N2O/c23-20(21-14-7-8-15-21)13-16-22(19-11-5-2-6-12-19)17-18-9-3-1-4-10-18/h1-6,9-12H,7-8,13-17H2. The number of carbonyl (C=O) groups excluding carboxylic acids is 1. The fourth-order valence-electron chi connectivity index (χ4n) is 3.10. The van der Waals surface area contributed by atoms with E-state index in [2.05, 4.69) is 53.4 Å². The Morgan fingerprint density at radius 1 is 0.913 bits per heavy atom. The van der Waals surface area contributed by atoms with Crippen molar-refractivity contribution in [3.63, 3.8) is 0 Å². The van der Waals surface area contributed by atoms with Crippen molar-refractivity contribution in [2.24, 2.45) is 0 Å². The fraction of sp³-hybridized carbons (Fsp3) is 0.350. The minimum absolute atomic E-state index is 0.288. The van der Waals surface area contributed by atoms with Crippen LogP contribution in [0.25, 0.3) is 0 Å². The molecule has 1 aliphatic heterocycles. The Bertz CT molecular complexity index is 606. The number of carbonyl (C=O) groups is 1. The Labute approximate surface area is 138 Å². The van der Waals surface area contributed by atoms with Crippen LogP contribution in [0.3, 0.4) is 0 Å². The molecule has 1 amide bonds. The van der Waals surface area contributed by atoms with Crippen molar-refractivity contribution in [3.8, 4) is 0 Å². The summed E-state index contributed by atoms with van der Waals surface area (Å²) in [5.74, 6) is 0.288. The maximum atomic E-state index is 12.3. The number of rotatable bonds is 6. The van der Waals surface area contributed by atoms with Crippen LogP contribution in [0, 0.1) is 0 Å². The summed E-state index contributed by atoms with van der Waals surface area (Å²) in [4.78, 5) is 16.6. The number of hydrogen-bond acceptors (Lipinski definition) is 2. The molecule has 3 nitrogen and oxygen atoms in total. The van der Waals surface area contributed by atoms with Crippen molar-refractivity contribution in [3.05, 3.63) is 66.2 Å². The van der Waals surface area contributed by atoms with Crippen LogP contribution in [-0.4, -0.2) is 30.4 Å². The Balaban J connectivity index is 1.66. The van der Waals surface area contributed by atoms with E-state index in [4.69, 9.17) is 0 Å². The predicted octanol–water partition coefficient (Wildman–Crippen LogP) is 3.71. The van der Waals surface area contributed by atoms with Crippen LogP contribution in [0.4, 0.5) is 5.69 Å². The van der Waals surface area contributed by atoms with Crippen molar-refractivity contribution in [1.82, 2.24) is 4.90 Å². The van der Waals surface area contributed by atoms with Gasteiger partial charge in [0.25, 0.3) is 0 Å². The Morgan fingerprint density at radius 3 is 2.17 bits per heavy atom. The monoisotopic (exact) mass is 308 g/mol. The van der Waals surface area contributed by atoms with Gasteiger partial charge >= 0.3 is 0 Å². The van der Waals surface area contributed by atoms with E-state index in [0.29, 0.717) is 6.42 Å². The van der Waals surface area contributed by atoms with Gasteiger partial charge in [-0.2, -0.15) is 0 Å². The van der Waals surface area contributed by atoms with Crippen molar-refractivity contribution in [1.29, 1.82) is 0 Å². The molecule has 0 saturated carbocycles. The summed E-state index contributed by atoms with van der Waals surface area (Å²) in [6.07, 6.45) is 2.89. The lowest BCUT2D eigenvalue weighted by molar-refractivity contribution is -0.129. The van der Waals surface area contributed by atoms with Gasteiger partial charge in [0, 0.05) is 38.3 Å². The van der Waals surface area contributed by atoms with Gasteiger partial charge in [-0.3, -0.25) is 4.79 Å². The number of likely N-dealkylation sites (tertiary alicyclic amines) is 1. The van der Waals surface area contributed by atoms with Crippen LogP contribution in [0.1, 0.15) is 24.8 Å². The summed E-state index contributed by atoms with van der Waals surface area (Å²) >= 11 is 0. The fourth-order valence-corrected chi connectivity index (χ4v) is 3.10. The van der Waals surface area contributed by atoms with E-state index < -0.39 is 0 Å². The second-order valence-electron chi connectivity index (χ2n) is 6.08. The molecule has 120 valence electrons. The molecule has 0 N–H and O–H groups in total. The van der Waals surface area contributed by atoms with Crippen LogP contribution in [0.2, 0.25) is 0 Å². The molecule has 0 atom stereocenters. The molecular formula is C20H24N2O. The number of anilines is 1. The SMILES string of the molecule is O=C(CCN(Cc1ccccc1)c1ccccc1)N1CCCC1. The van der Waals surface area contributed by atoms with Crippen LogP contribution in [0.15, 0.2) is 60.7 Å². The van der Waals surface area contributed by atoms with Gasteiger partial charge < -0.3 is 9.80 Å². The summed E-state index contributed by atoms with van der Waals surface area (Å²) in [5, 5.41) is 0. The topological polar surface area (TPSA) is 23.6 Å². The van der Waals surface area contributed by atoms with E-state index in [-0.39, 0.29) is 5.91 Å². The van der Waals surface area contributed by atoms with Gasteiger partial charge in [-0.15, -0.1) is 0 Å². The zero-order valence-corrected chi connectivity index (χ0v) is 13.5. The lowest BCUT2D eigenvalue weighted by atomic mass is 10.2. The maximum absolute atomic E-state index is 12.3. The van der Waals surface area contributed by atoms with E-state index >= 15 is 0 Å². The smallest absolute Gasteiger partial charge is 0.224 e. The first-order valence-corrected chi connectivity index (χ1v) is 8.44. The molecular weight excluding hydrogens is 284 g/mol. The molecule has 2 aromatic rings. The normalized spacial score (nSPS) is 14.0. The van der Waals surface area contributed by atoms with Gasteiger partial charge in [0.05, 0.1) is 0 Å². The van der Waals surface area contributed by atoms with Gasteiger partial charge in [-0.05, 0) is 30.5 Å². The highest BCUT2D eigenvalue weighted by atomic mass is 16.2. The minimum Gasteiger partial charge on any atom is -0.367 e. The number of amides is 1. The average molecular weight is 308 g/mol. The highest BCUT2D eigenvalue weighted by Gasteiger charge is 2.18. The first kappa shape index (κ1) is 15.6.